The van der Waals surface area contributed by atoms with Gasteiger partial charge in [-0.1, -0.05) is 54.2 Å². The molecule has 0 aliphatic rings. The average Bonchev–Trinajstić information content (AvgIpc) is 3.19. The molecule has 27 heavy (non-hydrogen) atoms. The topological polar surface area (TPSA) is 78.8 Å². The Morgan fingerprint density at radius 1 is 1.07 bits per heavy atom. The minimum atomic E-state index is 0.513. The Kier molecular flexibility index (Phi) is 5.11. The molecule has 2 heterocycles. The summed E-state index contributed by atoms with van der Waals surface area (Å²) in [5, 5.41) is 14.5. The number of aromatic amines is 1. The molecule has 2 aromatic heterocycles. The minimum absolute atomic E-state index is 0.513. The number of thioether (sulfide) groups is 1. The summed E-state index contributed by atoms with van der Waals surface area (Å²) in [6, 6.07) is 20.4. The number of anilines is 1. The molecule has 0 aliphatic heterocycles. The van der Waals surface area contributed by atoms with Crippen molar-refractivity contribution >= 4 is 34.2 Å². The Bertz CT molecular complexity index is 1070. The van der Waals surface area contributed by atoms with Crippen LogP contribution in [0.4, 0.5) is 5.95 Å². The maximum atomic E-state index is 4.41. The number of hydrazone groups is 1. The number of rotatable bonds is 6. The lowest BCUT2D eigenvalue weighted by molar-refractivity contribution is 0.971. The maximum absolute atomic E-state index is 4.41. The first-order valence-electron chi connectivity index (χ1n) is 8.52. The molecule has 134 valence electrons. The van der Waals surface area contributed by atoms with Gasteiger partial charge >= 0.3 is 0 Å². The van der Waals surface area contributed by atoms with Gasteiger partial charge in [-0.3, -0.25) is 4.98 Å². The summed E-state index contributed by atoms with van der Waals surface area (Å²) in [5.74, 6) is 1.23. The summed E-state index contributed by atoms with van der Waals surface area (Å²) in [4.78, 5) is 8.68. The zero-order chi connectivity index (χ0) is 18.5. The second kappa shape index (κ2) is 8.01. The summed E-state index contributed by atoms with van der Waals surface area (Å²) < 4.78 is 0. The lowest BCUT2D eigenvalue weighted by atomic mass is 10.0. The van der Waals surface area contributed by atoms with Crippen molar-refractivity contribution in [2.45, 2.75) is 17.8 Å². The van der Waals surface area contributed by atoms with E-state index >= 15 is 0 Å². The lowest BCUT2D eigenvalue weighted by Gasteiger charge is -2.03. The van der Waals surface area contributed by atoms with Crippen molar-refractivity contribution in [3.05, 3.63) is 78.1 Å². The van der Waals surface area contributed by atoms with E-state index in [1.165, 1.54) is 22.5 Å². The maximum Gasteiger partial charge on any atom is 0.240 e. The van der Waals surface area contributed by atoms with Crippen LogP contribution in [0.5, 0.6) is 0 Å². The van der Waals surface area contributed by atoms with Crippen LogP contribution in [0.15, 0.2) is 77.1 Å². The molecule has 2 N–H and O–H groups in total. The number of benzene rings is 2. The number of fused-ring (bicyclic) bond motifs is 1. The van der Waals surface area contributed by atoms with E-state index in [0.717, 1.165) is 22.7 Å². The van der Waals surface area contributed by atoms with Crippen molar-refractivity contribution in [1.82, 2.24) is 20.2 Å². The van der Waals surface area contributed by atoms with Crippen LogP contribution >= 0.6 is 11.8 Å². The van der Waals surface area contributed by atoms with Crippen molar-refractivity contribution < 1.29 is 0 Å². The van der Waals surface area contributed by atoms with Crippen LogP contribution in [0.3, 0.4) is 0 Å². The van der Waals surface area contributed by atoms with Crippen molar-refractivity contribution in [2.24, 2.45) is 5.10 Å². The third-order valence-electron chi connectivity index (χ3n) is 4.04. The van der Waals surface area contributed by atoms with Crippen LogP contribution in [0.25, 0.3) is 10.8 Å². The second-order valence-corrected chi connectivity index (χ2v) is 6.89. The van der Waals surface area contributed by atoms with Crippen LogP contribution in [0.2, 0.25) is 0 Å². The number of nitrogens with zero attached hydrogens (tertiary/aromatic N) is 4. The fourth-order valence-electron chi connectivity index (χ4n) is 2.60. The van der Waals surface area contributed by atoms with Crippen LogP contribution in [-0.2, 0) is 5.75 Å². The van der Waals surface area contributed by atoms with Crippen molar-refractivity contribution in [1.29, 1.82) is 0 Å². The number of nitrogens with one attached hydrogen (secondary N) is 2. The lowest BCUT2D eigenvalue weighted by Crippen LogP contribution is -2.00. The third-order valence-corrected chi connectivity index (χ3v) is 4.92. The monoisotopic (exact) mass is 374 g/mol. The zero-order valence-electron chi connectivity index (χ0n) is 14.8. The van der Waals surface area contributed by atoms with Gasteiger partial charge in [-0.2, -0.15) is 10.1 Å². The number of hydrogen-bond donors (Lipinski definition) is 2. The van der Waals surface area contributed by atoms with Gasteiger partial charge in [0.05, 0.1) is 11.4 Å². The molecular weight excluding hydrogens is 356 g/mol. The van der Waals surface area contributed by atoms with Gasteiger partial charge in [0.2, 0.25) is 11.1 Å². The number of pyridine rings is 1. The molecular formula is C20H18N6S. The van der Waals surface area contributed by atoms with Gasteiger partial charge in [0.25, 0.3) is 0 Å². The number of aromatic nitrogens is 4. The molecule has 0 aliphatic carbocycles. The molecule has 0 amide bonds. The van der Waals surface area contributed by atoms with Gasteiger partial charge in [0, 0.05) is 11.9 Å². The van der Waals surface area contributed by atoms with E-state index in [-0.39, 0.29) is 0 Å². The van der Waals surface area contributed by atoms with E-state index < -0.39 is 0 Å². The summed E-state index contributed by atoms with van der Waals surface area (Å²) in [6.07, 6.45) is 1.78. The highest BCUT2D eigenvalue weighted by molar-refractivity contribution is 7.98. The molecule has 0 atom stereocenters. The first-order valence-corrected chi connectivity index (χ1v) is 9.51. The third kappa shape index (κ3) is 4.32. The van der Waals surface area contributed by atoms with Crippen molar-refractivity contribution in [3.8, 4) is 0 Å². The highest BCUT2D eigenvalue weighted by Gasteiger charge is 2.05. The highest BCUT2D eigenvalue weighted by atomic mass is 32.2. The van der Waals surface area contributed by atoms with Crippen molar-refractivity contribution in [2.75, 3.05) is 5.43 Å². The Hall–Kier alpha value is -3.19. The molecule has 0 saturated heterocycles. The summed E-state index contributed by atoms with van der Waals surface area (Å²) in [6.45, 7) is 1.96. The fraction of sp³-hybridized carbons (Fsp3) is 0.100. The Labute approximate surface area is 161 Å². The minimum Gasteiger partial charge on any atom is -0.260 e. The predicted octanol–water partition coefficient (Wildman–Crippen LogP) is 4.48. The standard InChI is InChI=1S/C20H18N6S/c1-14(16-10-9-15-6-2-3-7-17(15)12-16)23-24-19-22-20(26-25-19)27-13-18-8-4-5-11-21-18/h2-12H,13H2,1H3,(H2,22,24,25,26)/b23-14+. The van der Waals surface area contributed by atoms with E-state index in [9.17, 15) is 0 Å². The molecule has 0 saturated carbocycles. The van der Waals surface area contributed by atoms with Gasteiger partial charge in [0.15, 0.2) is 0 Å². The summed E-state index contributed by atoms with van der Waals surface area (Å²) in [7, 11) is 0. The molecule has 0 radical (unpaired) electrons. The average molecular weight is 374 g/mol. The second-order valence-electron chi connectivity index (χ2n) is 5.95. The molecule has 4 aromatic rings. The molecule has 0 fully saturated rings. The molecule has 4 rings (SSSR count). The van der Waals surface area contributed by atoms with Gasteiger partial charge in [0.1, 0.15) is 0 Å². The first-order chi connectivity index (χ1) is 13.3. The van der Waals surface area contributed by atoms with Gasteiger partial charge in [-0.15, -0.1) is 5.10 Å². The van der Waals surface area contributed by atoms with Gasteiger partial charge in [-0.05, 0) is 41.5 Å². The fourth-order valence-corrected chi connectivity index (χ4v) is 3.31. The van der Waals surface area contributed by atoms with Crippen LogP contribution < -0.4 is 5.43 Å². The Morgan fingerprint density at radius 2 is 1.93 bits per heavy atom. The van der Waals surface area contributed by atoms with Crippen LogP contribution in [0.1, 0.15) is 18.2 Å². The Balaban J connectivity index is 1.40. The van der Waals surface area contributed by atoms with E-state index in [1.807, 2.05) is 37.3 Å². The van der Waals surface area contributed by atoms with E-state index in [0.29, 0.717) is 11.1 Å². The van der Waals surface area contributed by atoms with Crippen LogP contribution in [-0.4, -0.2) is 25.9 Å². The number of H-pyrrole nitrogens is 1. The molecule has 0 unspecified atom stereocenters. The summed E-state index contributed by atoms with van der Waals surface area (Å²) >= 11 is 1.52. The van der Waals surface area contributed by atoms with E-state index in [4.69, 9.17) is 0 Å². The van der Waals surface area contributed by atoms with Crippen molar-refractivity contribution in [3.63, 3.8) is 0 Å². The SMILES string of the molecule is C/C(=N\Nc1nc(SCc2ccccn2)n[nH]1)c1ccc2ccccc2c1. The first kappa shape index (κ1) is 17.2. The van der Waals surface area contributed by atoms with E-state index in [1.54, 1.807) is 6.20 Å². The molecule has 0 bridgehead atoms. The molecule has 0 spiro atoms. The highest BCUT2D eigenvalue weighted by Crippen LogP contribution is 2.19. The predicted molar refractivity (Wildman–Crippen MR) is 110 cm³/mol. The van der Waals surface area contributed by atoms with Gasteiger partial charge < -0.3 is 0 Å². The van der Waals surface area contributed by atoms with E-state index in [2.05, 4.69) is 61.0 Å². The quantitative estimate of drug-likeness (QED) is 0.295. The molecule has 7 heteroatoms. The Morgan fingerprint density at radius 3 is 2.78 bits per heavy atom. The molecule has 2 aromatic carbocycles. The molecule has 6 nitrogen and oxygen atoms in total. The smallest absolute Gasteiger partial charge is 0.240 e. The number of hydrogen-bond acceptors (Lipinski definition) is 6. The summed E-state index contributed by atoms with van der Waals surface area (Å²) in [5.41, 5.74) is 5.87. The zero-order valence-corrected chi connectivity index (χ0v) is 15.6. The normalized spacial score (nSPS) is 11.7. The van der Waals surface area contributed by atoms with Gasteiger partial charge in [-0.25, -0.2) is 10.5 Å². The van der Waals surface area contributed by atoms with Crippen LogP contribution in [0, 0.1) is 0 Å². The largest absolute Gasteiger partial charge is 0.260 e.